The van der Waals surface area contributed by atoms with Crippen LogP contribution in [0.1, 0.15) is 0 Å². The molecule has 0 saturated heterocycles. The summed E-state index contributed by atoms with van der Waals surface area (Å²) >= 11 is -2.18. The van der Waals surface area contributed by atoms with Crippen LogP contribution < -0.4 is 29.6 Å². The first-order valence-corrected chi connectivity index (χ1v) is 4.78. The first kappa shape index (κ1) is 11.8. The zero-order valence-electron chi connectivity index (χ0n) is 7.64. The Morgan fingerprint density at radius 3 is 2.79 bits per heavy atom. The molecule has 1 aromatic heterocycles. The fourth-order valence-corrected chi connectivity index (χ4v) is 1.79. The molecule has 5 heteroatoms. The Labute approximate surface area is 106 Å². The summed E-state index contributed by atoms with van der Waals surface area (Å²) in [6.45, 7) is 0. The van der Waals surface area contributed by atoms with Crippen molar-refractivity contribution in [2.45, 2.75) is 4.90 Å². The third kappa shape index (κ3) is 2.21. The van der Waals surface area contributed by atoms with Crippen LogP contribution in [0.5, 0.6) is 0 Å². The molecule has 0 bridgehead atoms. The molecule has 0 aliphatic heterocycles. The summed E-state index contributed by atoms with van der Waals surface area (Å²) in [5.41, 5.74) is 0. The zero-order chi connectivity index (χ0) is 9.26. The van der Waals surface area contributed by atoms with Crippen LogP contribution in [0.4, 0.5) is 0 Å². The molecule has 1 unspecified atom stereocenters. The molecule has 0 amide bonds. The van der Waals surface area contributed by atoms with Crippen LogP contribution in [-0.2, 0) is 11.1 Å². The quantitative estimate of drug-likeness (QED) is 0.428. The second kappa shape index (κ2) is 5.00. The molecule has 0 aliphatic rings. The largest absolute Gasteiger partial charge is 1.00 e. The van der Waals surface area contributed by atoms with Crippen LogP contribution in [0.25, 0.3) is 10.8 Å². The minimum Gasteiger partial charge on any atom is -0.768 e. The molecule has 0 radical (unpaired) electrons. The average Bonchev–Trinajstić information content (AvgIpc) is 2.17. The summed E-state index contributed by atoms with van der Waals surface area (Å²) < 4.78 is 21.6. The molecule has 14 heavy (non-hydrogen) atoms. The SMILES string of the molecule is O=S([O-])c1cccc2cnccc12.[Na+]. The molecule has 66 valence electrons. The number of pyridine rings is 1. The number of hydrogen-bond donors (Lipinski definition) is 0. The first-order chi connectivity index (χ1) is 6.29. The van der Waals surface area contributed by atoms with E-state index in [0.29, 0.717) is 10.3 Å². The fourth-order valence-electron chi connectivity index (χ4n) is 1.24. The van der Waals surface area contributed by atoms with E-state index in [2.05, 4.69) is 4.98 Å². The fraction of sp³-hybridized carbons (Fsp3) is 0. The van der Waals surface area contributed by atoms with E-state index < -0.39 is 11.1 Å². The minimum atomic E-state index is -2.18. The van der Waals surface area contributed by atoms with Crippen molar-refractivity contribution in [3.05, 3.63) is 36.7 Å². The summed E-state index contributed by atoms with van der Waals surface area (Å²) in [5.74, 6) is 0. The van der Waals surface area contributed by atoms with E-state index in [-0.39, 0.29) is 29.6 Å². The van der Waals surface area contributed by atoms with Gasteiger partial charge in [-0.05, 0) is 28.6 Å². The van der Waals surface area contributed by atoms with Gasteiger partial charge in [0.25, 0.3) is 0 Å². The van der Waals surface area contributed by atoms with Crippen molar-refractivity contribution < 1.29 is 38.3 Å². The molecule has 2 aromatic rings. The normalized spacial score (nSPS) is 12.1. The molecular weight excluding hydrogens is 209 g/mol. The van der Waals surface area contributed by atoms with Crippen LogP contribution in [-0.4, -0.2) is 13.7 Å². The molecule has 1 atom stereocenters. The summed E-state index contributed by atoms with van der Waals surface area (Å²) in [5, 5.41) is 1.55. The van der Waals surface area contributed by atoms with Gasteiger partial charge in [-0.25, -0.2) is 0 Å². The first-order valence-electron chi connectivity index (χ1n) is 3.71. The third-order valence-corrected chi connectivity index (χ3v) is 2.54. The Bertz CT molecular complexity index is 470. The van der Waals surface area contributed by atoms with E-state index in [1.54, 1.807) is 30.6 Å². The maximum Gasteiger partial charge on any atom is 1.00 e. The standard InChI is InChI=1S/C9H7NO2S.Na/c11-13(12)9-3-1-2-7-6-10-5-4-8(7)9;/h1-6H,(H,11,12);/q;+1/p-1. The average molecular weight is 215 g/mol. The Morgan fingerprint density at radius 1 is 1.29 bits per heavy atom. The Kier molecular flexibility index (Phi) is 4.22. The van der Waals surface area contributed by atoms with Crippen molar-refractivity contribution in [3.8, 4) is 0 Å². The molecule has 0 fully saturated rings. The number of benzene rings is 1. The molecule has 0 saturated carbocycles. The third-order valence-electron chi connectivity index (χ3n) is 1.82. The summed E-state index contributed by atoms with van der Waals surface area (Å²) in [6.07, 6.45) is 3.23. The maximum absolute atomic E-state index is 10.8. The number of aromatic nitrogens is 1. The topological polar surface area (TPSA) is 53.0 Å². The molecular formula is C9H6NNaO2S. The summed E-state index contributed by atoms with van der Waals surface area (Å²) in [7, 11) is 0. The van der Waals surface area contributed by atoms with Crippen LogP contribution in [0, 0.1) is 0 Å². The van der Waals surface area contributed by atoms with Crippen molar-refractivity contribution in [1.29, 1.82) is 0 Å². The van der Waals surface area contributed by atoms with Gasteiger partial charge in [-0.3, -0.25) is 9.19 Å². The molecule has 1 heterocycles. The van der Waals surface area contributed by atoms with Gasteiger partial charge in [0, 0.05) is 22.7 Å². The maximum atomic E-state index is 10.8. The predicted octanol–water partition coefficient (Wildman–Crippen LogP) is -1.52. The predicted molar refractivity (Wildman–Crippen MR) is 48.9 cm³/mol. The minimum absolute atomic E-state index is 0. The van der Waals surface area contributed by atoms with Crippen LogP contribution in [0.2, 0.25) is 0 Å². The van der Waals surface area contributed by atoms with Crippen molar-refractivity contribution >= 4 is 21.9 Å². The van der Waals surface area contributed by atoms with Gasteiger partial charge < -0.3 is 4.55 Å². The van der Waals surface area contributed by atoms with E-state index >= 15 is 0 Å². The van der Waals surface area contributed by atoms with Crippen LogP contribution >= 0.6 is 0 Å². The van der Waals surface area contributed by atoms with Crippen molar-refractivity contribution in [3.63, 3.8) is 0 Å². The molecule has 0 N–H and O–H groups in total. The van der Waals surface area contributed by atoms with E-state index in [0.717, 1.165) is 5.39 Å². The summed E-state index contributed by atoms with van der Waals surface area (Å²) in [4.78, 5) is 4.23. The van der Waals surface area contributed by atoms with Crippen molar-refractivity contribution in [1.82, 2.24) is 4.98 Å². The molecule has 0 spiro atoms. The van der Waals surface area contributed by atoms with E-state index in [9.17, 15) is 8.76 Å². The van der Waals surface area contributed by atoms with Gasteiger partial charge in [-0.1, -0.05) is 12.1 Å². The number of hydrogen-bond acceptors (Lipinski definition) is 3. The summed E-state index contributed by atoms with van der Waals surface area (Å²) in [6, 6.07) is 6.81. The smallest absolute Gasteiger partial charge is 0.768 e. The Hall–Kier alpha value is -0.260. The second-order valence-corrected chi connectivity index (χ2v) is 3.50. The van der Waals surface area contributed by atoms with Gasteiger partial charge in [0.15, 0.2) is 0 Å². The Morgan fingerprint density at radius 2 is 2.07 bits per heavy atom. The monoisotopic (exact) mass is 215 g/mol. The number of nitrogens with zero attached hydrogens (tertiary/aromatic N) is 1. The van der Waals surface area contributed by atoms with Gasteiger partial charge in [0.2, 0.25) is 0 Å². The molecule has 0 aliphatic carbocycles. The van der Waals surface area contributed by atoms with Crippen LogP contribution in [0.15, 0.2) is 41.6 Å². The van der Waals surface area contributed by atoms with Crippen molar-refractivity contribution in [2.75, 3.05) is 0 Å². The van der Waals surface area contributed by atoms with Gasteiger partial charge >= 0.3 is 29.6 Å². The molecule has 1 aromatic carbocycles. The number of rotatable bonds is 1. The zero-order valence-corrected chi connectivity index (χ0v) is 10.5. The second-order valence-electron chi connectivity index (χ2n) is 2.59. The van der Waals surface area contributed by atoms with E-state index in [4.69, 9.17) is 0 Å². The van der Waals surface area contributed by atoms with E-state index in [1.165, 1.54) is 0 Å². The van der Waals surface area contributed by atoms with Crippen LogP contribution in [0.3, 0.4) is 0 Å². The van der Waals surface area contributed by atoms with Gasteiger partial charge in [-0.2, -0.15) is 0 Å². The van der Waals surface area contributed by atoms with Gasteiger partial charge in [-0.15, -0.1) is 0 Å². The van der Waals surface area contributed by atoms with E-state index in [1.807, 2.05) is 6.07 Å². The van der Waals surface area contributed by atoms with Crippen molar-refractivity contribution in [2.24, 2.45) is 0 Å². The molecule has 3 nitrogen and oxygen atoms in total. The van der Waals surface area contributed by atoms with Gasteiger partial charge in [0.05, 0.1) is 0 Å². The molecule has 2 rings (SSSR count). The number of fused-ring (bicyclic) bond motifs is 1. The Balaban J connectivity index is 0.000000980. The van der Waals surface area contributed by atoms with Gasteiger partial charge in [0.1, 0.15) is 0 Å².